The second kappa shape index (κ2) is 6.74. The molecular formula is C16H19N3O2. The third kappa shape index (κ3) is 3.72. The molecule has 5 heteroatoms. The Morgan fingerprint density at radius 2 is 2.10 bits per heavy atom. The van der Waals surface area contributed by atoms with Crippen LogP contribution >= 0.6 is 0 Å². The van der Waals surface area contributed by atoms with Gasteiger partial charge in [0.05, 0.1) is 19.0 Å². The van der Waals surface area contributed by atoms with E-state index in [0.717, 1.165) is 0 Å². The minimum atomic E-state index is -0.454. The van der Waals surface area contributed by atoms with Gasteiger partial charge in [-0.3, -0.25) is 0 Å². The minimum absolute atomic E-state index is 0.288. The highest BCUT2D eigenvalue weighted by atomic mass is 16.5. The molecule has 1 atom stereocenters. The molecule has 110 valence electrons. The zero-order valence-electron chi connectivity index (χ0n) is 12.2. The molecule has 0 spiro atoms. The quantitative estimate of drug-likeness (QED) is 0.826. The van der Waals surface area contributed by atoms with Crippen molar-refractivity contribution in [2.45, 2.75) is 12.8 Å². The fraction of sp³-hybridized carbons (Fsp3) is 0.250. The SMILES string of the molecule is COC(=O)c1cc(N)cnc1NCC(C)c1ccccc1. The predicted octanol–water partition coefficient (Wildman–Crippen LogP) is 2.67. The summed E-state index contributed by atoms with van der Waals surface area (Å²) in [4.78, 5) is 15.9. The molecule has 0 saturated heterocycles. The summed E-state index contributed by atoms with van der Waals surface area (Å²) >= 11 is 0. The van der Waals surface area contributed by atoms with Gasteiger partial charge in [0.15, 0.2) is 0 Å². The molecule has 21 heavy (non-hydrogen) atoms. The Bertz CT molecular complexity index is 614. The van der Waals surface area contributed by atoms with Gasteiger partial charge in [0, 0.05) is 6.54 Å². The number of hydrogen-bond donors (Lipinski definition) is 2. The maximum atomic E-state index is 11.7. The van der Waals surface area contributed by atoms with E-state index in [0.29, 0.717) is 23.6 Å². The monoisotopic (exact) mass is 285 g/mol. The first kappa shape index (κ1) is 14.8. The summed E-state index contributed by atoms with van der Waals surface area (Å²) in [5, 5.41) is 3.19. The Hall–Kier alpha value is -2.56. The van der Waals surface area contributed by atoms with Crippen LogP contribution in [0.15, 0.2) is 42.6 Å². The molecule has 0 amide bonds. The highest BCUT2D eigenvalue weighted by Crippen LogP contribution is 2.19. The number of ether oxygens (including phenoxy) is 1. The molecule has 0 bridgehead atoms. The van der Waals surface area contributed by atoms with Crippen LogP contribution < -0.4 is 11.1 Å². The highest BCUT2D eigenvalue weighted by molar-refractivity contribution is 5.95. The predicted molar refractivity (Wildman–Crippen MR) is 83.3 cm³/mol. The van der Waals surface area contributed by atoms with Crippen molar-refractivity contribution in [3.63, 3.8) is 0 Å². The van der Waals surface area contributed by atoms with Gasteiger partial charge in [0.1, 0.15) is 11.4 Å². The van der Waals surface area contributed by atoms with Crippen molar-refractivity contribution in [1.82, 2.24) is 4.98 Å². The van der Waals surface area contributed by atoms with Gasteiger partial charge in [0.25, 0.3) is 0 Å². The van der Waals surface area contributed by atoms with Crippen molar-refractivity contribution in [2.24, 2.45) is 0 Å². The number of pyridine rings is 1. The lowest BCUT2D eigenvalue weighted by Gasteiger charge is -2.15. The zero-order valence-corrected chi connectivity index (χ0v) is 12.2. The average molecular weight is 285 g/mol. The molecule has 1 heterocycles. The second-order valence-electron chi connectivity index (χ2n) is 4.85. The van der Waals surface area contributed by atoms with E-state index >= 15 is 0 Å². The lowest BCUT2D eigenvalue weighted by atomic mass is 10.0. The third-order valence-corrected chi connectivity index (χ3v) is 3.26. The van der Waals surface area contributed by atoms with Crippen molar-refractivity contribution >= 4 is 17.5 Å². The van der Waals surface area contributed by atoms with Gasteiger partial charge in [-0.15, -0.1) is 0 Å². The van der Waals surface area contributed by atoms with E-state index in [4.69, 9.17) is 10.5 Å². The molecule has 2 rings (SSSR count). The first-order valence-corrected chi connectivity index (χ1v) is 6.74. The maximum absolute atomic E-state index is 11.7. The van der Waals surface area contributed by atoms with E-state index in [2.05, 4.69) is 29.4 Å². The average Bonchev–Trinajstić information content (AvgIpc) is 2.53. The molecule has 1 aromatic carbocycles. The number of carbonyl (C=O) groups excluding carboxylic acids is 1. The molecule has 1 unspecified atom stereocenters. The van der Waals surface area contributed by atoms with Crippen LogP contribution in [0.1, 0.15) is 28.8 Å². The maximum Gasteiger partial charge on any atom is 0.341 e. The summed E-state index contributed by atoms with van der Waals surface area (Å²) < 4.78 is 4.75. The van der Waals surface area contributed by atoms with Crippen LogP contribution in [0.2, 0.25) is 0 Å². The Balaban J connectivity index is 2.11. The number of nitrogens with one attached hydrogen (secondary N) is 1. The highest BCUT2D eigenvalue weighted by Gasteiger charge is 2.14. The molecule has 0 aliphatic rings. The fourth-order valence-corrected chi connectivity index (χ4v) is 2.04. The molecule has 3 N–H and O–H groups in total. The lowest BCUT2D eigenvalue weighted by molar-refractivity contribution is 0.0601. The van der Waals surface area contributed by atoms with E-state index in [1.807, 2.05) is 18.2 Å². The fourth-order valence-electron chi connectivity index (χ4n) is 2.04. The van der Waals surface area contributed by atoms with E-state index in [-0.39, 0.29) is 5.92 Å². The number of carbonyl (C=O) groups is 1. The minimum Gasteiger partial charge on any atom is -0.465 e. The lowest BCUT2D eigenvalue weighted by Crippen LogP contribution is -2.15. The van der Waals surface area contributed by atoms with Crippen LogP contribution in [0.3, 0.4) is 0 Å². The molecule has 0 aliphatic heterocycles. The molecule has 0 fully saturated rings. The molecule has 0 radical (unpaired) electrons. The van der Waals surface area contributed by atoms with E-state index in [9.17, 15) is 4.79 Å². The third-order valence-electron chi connectivity index (χ3n) is 3.26. The van der Waals surface area contributed by atoms with E-state index in [1.54, 1.807) is 6.07 Å². The van der Waals surface area contributed by atoms with E-state index in [1.165, 1.54) is 18.9 Å². The Kier molecular flexibility index (Phi) is 4.77. The molecule has 1 aromatic heterocycles. The van der Waals surface area contributed by atoms with E-state index < -0.39 is 5.97 Å². The normalized spacial score (nSPS) is 11.7. The number of nitrogens with zero attached hydrogens (tertiary/aromatic N) is 1. The van der Waals surface area contributed by atoms with Crippen LogP contribution in [-0.4, -0.2) is 24.6 Å². The number of nitrogen functional groups attached to an aromatic ring is 1. The number of rotatable bonds is 5. The Morgan fingerprint density at radius 1 is 1.38 bits per heavy atom. The Morgan fingerprint density at radius 3 is 2.76 bits per heavy atom. The van der Waals surface area contributed by atoms with Crippen LogP contribution in [0.25, 0.3) is 0 Å². The van der Waals surface area contributed by atoms with Crippen LogP contribution in [0.5, 0.6) is 0 Å². The van der Waals surface area contributed by atoms with Gasteiger partial charge in [-0.2, -0.15) is 0 Å². The number of benzene rings is 1. The van der Waals surface area contributed by atoms with Crippen molar-refractivity contribution in [3.05, 3.63) is 53.7 Å². The second-order valence-corrected chi connectivity index (χ2v) is 4.85. The van der Waals surface area contributed by atoms with Crippen molar-refractivity contribution in [1.29, 1.82) is 0 Å². The van der Waals surface area contributed by atoms with Gasteiger partial charge < -0.3 is 15.8 Å². The van der Waals surface area contributed by atoms with Crippen LogP contribution in [0.4, 0.5) is 11.5 Å². The number of nitrogens with two attached hydrogens (primary N) is 1. The Labute approximate surface area is 124 Å². The molecule has 5 nitrogen and oxygen atoms in total. The summed E-state index contributed by atoms with van der Waals surface area (Å²) in [6, 6.07) is 11.7. The van der Waals surface area contributed by atoms with Crippen molar-refractivity contribution in [2.75, 3.05) is 24.7 Å². The summed E-state index contributed by atoms with van der Waals surface area (Å²) in [6.07, 6.45) is 1.52. The smallest absolute Gasteiger partial charge is 0.341 e. The zero-order chi connectivity index (χ0) is 15.2. The van der Waals surface area contributed by atoms with Crippen molar-refractivity contribution in [3.8, 4) is 0 Å². The summed E-state index contributed by atoms with van der Waals surface area (Å²) in [6.45, 7) is 2.77. The molecule has 0 saturated carbocycles. The van der Waals surface area contributed by atoms with Gasteiger partial charge in [0.2, 0.25) is 0 Å². The summed E-state index contributed by atoms with van der Waals surface area (Å²) in [5.41, 5.74) is 7.66. The van der Waals surface area contributed by atoms with Crippen LogP contribution in [-0.2, 0) is 4.74 Å². The van der Waals surface area contributed by atoms with Gasteiger partial charge in [-0.25, -0.2) is 9.78 Å². The largest absolute Gasteiger partial charge is 0.465 e. The van der Waals surface area contributed by atoms with Gasteiger partial charge in [-0.05, 0) is 17.5 Å². The number of methoxy groups -OCH3 is 1. The number of hydrogen-bond acceptors (Lipinski definition) is 5. The van der Waals surface area contributed by atoms with Gasteiger partial charge in [-0.1, -0.05) is 37.3 Å². The summed E-state index contributed by atoms with van der Waals surface area (Å²) in [7, 11) is 1.34. The number of esters is 1. The topological polar surface area (TPSA) is 77.2 Å². The van der Waals surface area contributed by atoms with Crippen LogP contribution in [0, 0.1) is 0 Å². The standard InChI is InChI=1S/C16H19N3O2/c1-11(12-6-4-3-5-7-12)9-18-15-14(16(20)21-2)8-13(17)10-19-15/h3-8,10-11H,9,17H2,1-2H3,(H,18,19). The first-order chi connectivity index (χ1) is 10.1. The first-order valence-electron chi connectivity index (χ1n) is 6.74. The summed E-state index contributed by atoms with van der Waals surface area (Å²) in [5.74, 6) is 0.319. The number of aromatic nitrogens is 1. The molecule has 2 aromatic rings. The van der Waals surface area contributed by atoms with Gasteiger partial charge >= 0.3 is 5.97 Å². The van der Waals surface area contributed by atoms with Crippen molar-refractivity contribution < 1.29 is 9.53 Å². The number of anilines is 2. The molecule has 0 aliphatic carbocycles. The molecular weight excluding hydrogens is 266 g/mol.